The van der Waals surface area contributed by atoms with Crippen LogP contribution >= 0.6 is 0 Å². The standard InChI is InChI=1S/C15H17N3O2/c1-20-15-6-5-12(10-18-15)9-17-14(19)8-11-3-2-4-13(16)7-11/h2-7,10H,8-9,16H2,1H3,(H,17,19). The molecule has 104 valence electrons. The van der Waals surface area contributed by atoms with E-state index in [0.717, 1.165) is 11.1 Å². The second-order valence-corrected chi connectivity index (χ2v) is 4.41. The first-order valence-electron chi connectivity index (χ1n) is 6.27. The Hall–Kier alpha value is -2.56. The van der Waals surface area contributed by atoms with Crippen LogP contribution < -0.4 is 15.8 Å². The number of rotatable bonds is 5. The lowest BCUT2D eigenvalue weighted by molar-refractivity contribution is -0.120. The zero-order valence-corrected chi connectivity index (χ0v) is 11.3. The molecule has 0 aliphatic heterocycles. The van der Waals surface area contributed by atoms with Gasteiger partial charge in [0.05, 0.1) is 13.5 Å². The van der Waals surface area contributed by atoms with Crippen LogP contribution in [-0.4, -0.2) is 18.0 Å². The number of pyridine rings is 1. The normalized spacial score (nSPS) is 10.1. The highest BCUT2D eigenvalue weighted by atomic mass is 16.5. The minimum Gasteiger partial charge on any atom is -0.481 e. The number of methoxy groups -OCH3 is 1. The van der Waals surface area contributed by atoms with Crippen LogP contribution in [0.4, 0.5) is 5.69 Å². The van der Waals surface area contributed by atoms with Gasteiger partial charge < -0.3 is 15.8 Å². The Kier molecular flexibility index (Phi) is 4.55. The van der Waals surface area contributed by atoms with E-state index < -0.39 is 0 Å². The van der Waals surface area contributed by atoms with Crippen LogP contribution in [0.1, 0.15) is 11.1 Å². The summed E-state index contributed by atoms with van der Waals surface area (Å²) in [6, 6.07) is 10.9. The van der Waals surface area contributed by atoms with Gasteiger partial charge in [0.25, 0.3) is 0 Å². The van der Waals surface area contributed by atoms with Crippen molar-refractivity contribution in [3.05, 3.63) is 53.7 Å². The molecule has 0 saturated heterocycles. The van der Waals surface area contributed by atoms with Gasteiger partial charge in [-0.1, -0.05) is 18.2 Å². The number of nitrogens with one attached hydrogen (secondary N) is 1. The van der Waals surface area contributed by atoms with E-state index >= 15 is 0 Å². The summed E-state index contributed by atoms with van der Waals surface area (Å²) >= 11 is 0. The van der Waals surface area contributed by atoms with Gasteiger partial charge in [-0.3, -0.25) is 4.79 Å². The van der Waals surface area contributed by atoms with Crippen molar-refractivity contribution in [2.75, 3.05) is 12.8 Å². The van der Waals surface area contributed by atoms with E-state index in [0.29, 0.717) is 24.5 Å². The Morgan fingerprint density at radius 2 is 2.15 bits per heavy atom. The fraction of sp³-hybridized carbons (Fsp3) is 0.200. The van der Waals surface area contributed by atoms with E-state index in [-0.39, 0.29) is 5.91 Å². The third-order valence-corrected chi connectivity index (χ3v) is 2.81. The van der Waals surface area contributed by atoms with Gasteiger partial charge in [-0.25, -0.2) is 4.98 Å². The van der Waals surface area contributed by atoms with Crippen molar-refractivity contribution >= 4 is 11.6 Å². The third-order valence-electron chi connectivity index (χ3n) is 2.81. The number of hydrogen-bond donors (Lipinski definition) is 2. The fourth-order valence-electron chi connectivity index (χ4n) is 1.79. The minimum absolute atomic E-state index is 0.0496. The van der Waals surface area contributed by atoms with E-state index in [2.05, 4.69) is 10.3 Å². The van der Waals surface area contributed by atoms with Crippen LogP contribution in [-0.2, 0) is 17.8 Å². The molecule has 20 heavy (non-hydrogen) atoms. The molecule has 1 aromatic carbocycles. The highest BCUT2D eigenvalue weighted by Crippen LogP contribution is 2.08. The van der Waals surface area contributed by atoms with Gasteiger partial charge in [-0.05, 0) is 23.3 Å². The first-order chi connectivity index (χ1) is 9.67. The Labute approximate surface area is 117 Å². The van der Waals surface area contributed by atoms with Crippen molar-refractivity contribution in [1.82, 2.24) is 10.3 Å². The number of nitrogens with zero attached hydrogens (tertiary/aromatic N) is 1. The van der Waals surface area contributed by atoms with Crippen LogP contribution in [0, 0.1) is 0 Å². The van der Waals surface area contributed by atoms with Crippen LogP contribution in [0.25, 0.3) is 0 Å². The first kappa shape index (κ1) is 13.9. The molecule has 2 rings (SSSR count). The van der Waals surface area contributed by atoms with Crippen molar-refractivity contribution in [2.45, 2.75) is 13.0 Å². The second-order valence-electron chi connectivity index (χ2n) is 4.41. The summed E-state index contributed by atoms with van der Waals surface area (Å²) in [7, 11) is 1.56. The fourth-order valence-corrected chi connectivity index (χ4v) is 1.79. The van der Waals surface area contributed by atoms with Crippen LogP contribution in [0.2, 0.25) is 0 Å². The zero-order valence-electron chi connectivity index (χ0n) is 11.3. The van der Waals surface area contributed by atoms with Gasteiger partial charge in [0, 0.05) is 24.5 Å². The molecule has 0 bridgehead atoms. The first-order valence-corrected chi connectivity index (χ1v) is 6.27. The minimum atomic E-state index is -0.0496. The Balaban J connectivity index is 1.85. The molecule has 2 aromatic rings. The lowest BCUT2D eigenvalue weighted by atomic mass is 10.1. The molecule has 3 N–H and O–H groups in total. The maximum absolute atomic E-state index is 11.8. The van der Waals surface area contributed by atoms with Crippen LogP contribution in [0.5, 0.6) is 5.88 Å². The summed E-state index contributed by atoms with van der Waals surface area (Å²) in [5.41, 5.74) is 8.16. The Bertz CT molecular complexity index is 582. The molecule has 0 atom stereocenters. The molecule has 1 heterocycles. The predicted molar refractivity (Wildman–Crippen MR) is 77.2 cm³/mol. The summed E-state index contributed by atoms with van der Waals surface area (Å²) in [6.45, 7) is 0.443. The number of nitrogens with two attached hydrogens (primary N) is 1. The highest BCUT2D eigenvalue weighted by Gasteiger charge is 2.04. The number of carbonyl (C=O) groups is 1. The SMILES string of the molecule is COc1ccc(CNC(=O)Cc2cccc(N)c2)cn1. The maximum atomic E-state index is 11.8. The van der Waals surface area contributed by atoms with Gasteiger partial charge in [0.15, 0.2) is 0 Å². The summed E-state index contributed by atoms with van der Waals surface area (Å²) in [5, 5.41) is 2.84. The molecule has 5 heteroatoms. The summed E-state index contributed by atoms with van der Waals surface area (Å²) in [6.07, 6.45) is 1.99. The predicted octanol–water partition coefficient (Wildman–Crippen LogP) is 1.53. The number of nitrogen functional groups attached to an aromatic ring is 1. The summed E-state index contributed by atoms with van der Waals surface area (Å²) < 4.78 is 4.97. The van der Waals surface area contributed by atoms with Crippen molar-refractivity contribution in [3.63, 3.8) is 0 Å². The number of benzene rings is 1. The monoisotopic (exact) mass is 271 g/mol. The van der Waals surface area contributed by atoms with E-state index in [1.54, 1.807) is 31.5 Å². The molecule has 1 amide bonds. The number of carbonyl (C=O) groups excluding carboxylic acids is 1. The molecule has 5 nitrogen and oxygen atoms in total. The number of hydrogen-bond acceptors (Lipinski definition) is 4. The van der Waals surface area contributed by atoms with Crippen molar-refractivity contribution in [3.8, 4) is 5.88 Å². The van der Waals surface area contributed by atoms with Gasteiger partial charge in [-0.2, -0.15) is 0 Å². The van der Waals surface area contributed by atoms with Gasteiger partial charge in [-0.15, -0.1) is 0 Å². The smallest absolute Gasteiger partial charge is 0.224 e. The van der Waals surface area contributed by atoms with Crippen molar-refractivity contribution < 1.29 is 9.53 Å². The maximum Gasteiger partial charge on any atom is 0.224 e. The Morgan fingerprint density at radius 1 is 1.30 bits per heavy atom. The van der Waals surface area contributed by atoms with Gasteiger partial charge in [0.1, 0.15) is 0 Å². The average Bonchev–Trinajstić information content (AvgIpc) is 2.46. The molecule has 0 spiro atoms. The van der Waals surface area contributed by atoms with E-state index in [9.17, 15) is 4.79 Å². The molecule has 0 unspecified atom stereocenters. The van der Waals surface area contributed by atoms with E-state index in [1.165, 1.54) is 0 Å². The number of amides is 1. The van der Waals surface area contributed by atoms with Gasteiger partial charge in [0.2, 0.25) is 11.8 Å². The quantitative estimate of drug-likeness (QED) is 0.808. The van der Waals surface area contributed by atoms with Crippen molar-refractivity contribution in [1.29, 1.82) is 0 Å². The zero-order chi connectivity index (χ0) is 14.4. The second kappa shape index (κ2) is 6.56. The molecule has 0 fully saturated rings. The average molecular weight is 271 g/mol. The van der Waals surface area contributed by atoms with Crippen LogP contribution in [0.3, 0.4) is 0 Å². The lowest BCUT2D eigenvalue weighted by Crippen LogP contribution is -2.24. The molecule has 0 aliphatic carbocycles. The van der Waals surface area contributed by atoms with E-state index in [1.807, 2.05) is 18.2 Å². The lowest BCUT2D eigenvalue weighted by Gasteiger charge is -2.06. The number of aromatic nitrogens is 1. The molecule has 0 aliphatic rings. The number of ether oxygens (including phenoxy) is 1. The molecular weight excluding hydrogens is 254 g/mol. The Morgan fingerprint density at radius 3 is 2.80 bits per heavy atom. The molecule has 0 saturated carbocycles. The largest absolute Gasteiger partial charge is 0.481 e. The van der Waals surface area contributed by atoms with Gasteiger partial charge >= 0.3 is 0 Å². The number of anilines is 1. The summed E-state index contributed by atoms with van der Waals surface area (Å²) in [4.78, 5) is 15.9. The molecule has 0 radical (unpaired) electrons. The van der Waals surface area contributed by atoms with E-state index in [4.69, 9.17) is 10.5 Å². The van der Waals surface area contributed by atoms with Crippen molar-refractivity contribution in [2.24, 2.45) is 0 Å². The molecular formula is C15H17N3O2. The topological polar surface area (TPSA) is 77.2 Å². The molecule has 1 aromatic heterocycles. The summed E-state index contributed by atoms with van der Waals surface area (Å²) in [5.74, 6) is 0.506. The highest BCUT2D eigenvalue weighted by molar-refractivity contribution is 5.78. The van der Waals surface area contributed by atoms with Crippen LogP contribution in [0.15, 0.2) is 42.6 Å². The third kappa shape index (κ3) is 3.98.